The second-order valence-corrected chi connectivity index (χ2v) is 8.30. The van der Waals surface area contributed by atoms with E-state index in [1.807, 2.05) is 6.07 Å². The van der Waals surface area contributed by atoms with Crippen LogP contribution in [0.1, 0.15) is 13.3 Å². The first-order valence-corrected chi connectivity index (χ1v) is 9.20. The van der Waals surface area contributed by atoms with Crippen molar-refractivity contribution in [2.45, 2.75) is 25.4 Å². The lowest BCUT2D eigenvalue weighted by atomic mass is 10.0. The minimum Gasteiger partial charge on any atom is -0.348 e. The fourth-order valence-electron chi connectivity index (χ4n) is 2.73. The van der Waals surface area contributed by atoms with Gasteiger partial charge in [-0.2, -0.15) is 9.36 Å². The number of carbonyl (C=O) groups excluding carboxylic acids is 1. The van der Waals surface area contributed by atoms with Crippen LogP contribution in [0.25, 0.3) is 5.69 Å². The number of nitrogens with zero attached hydrogens (tertiary/aromatic N) is 4. The van der Waals surface area contributed by atoms with E-state index in [9.17, 15) is 18.0 Å². The van der Waals surface area contributed by atoms with Gasteiger partial charge >= 0.3 is 5.69 Å². The van der Waals surface area contributed by atoms with Gasteiger partial charge in [0, 0.05) is 0 Å². The Bertz CT molecular complexity index is 918. The number of sulfone groups is 1. The van der Waals surface area contributed by atoms with Gasteiger partial charge in [0.05, 0.1) is 22.7 Å². The van der Waals surface area contributed by atoms with E-state index < -0.39 is 27.0 Å². The lowest BCUT2D eigenvalue weighted by Crippen LogP contribution is -2.48. The lowest BCUT2D eigenvalue weighted by molar-refractivity contribution is -0.123. The first-order chi connectivity index (χ1) is 11.3. The molecule has 1 amide bonds. The second-order valence-electron chi connectivity index (χ2n) is 6.12. The van der Waals surface area contributed by atoms with E-state index in [0.29, 0.717) is 12.1 Å². The number of tetrazole rings is 1. The molecule has 10 heteroatoms. The van der Waals surface area contributed by atoms with E-state index in [4.69, 9.17) is 0 Å². The van der Waals surface area contributed by atoms with Crippen LogP contribution in [0, 0.1) is 0 Å². The summed E-state index contributed by atoms with van der Waals surface area (Å²) in [5.41, 5.74) is -0.807. The average molecular weight is 351 g/mol. The van der Waals surface area contributed by atoms with Crippen molar-refractivity contribution in [3.05, 3.63) is 40.8 Å². The Morgan fingerprint density at radius 3 is 2.62 bits per heavy atom. The topological polar surface area (TPSA) is 116 Å². The van der Waals surface area contributed by atoms with Crippen molar-refractivity contribution in [2.75, 3.05) is 11.5 Å². The predicted molar refractivity (Wildman–Crippen MR) is 85.4 cm³/mol. The smallest absolute Gasteiger partial charge is 0.348 e. The number of hydrogen-bond acceptors (Lipinski definition) is 6. The minimum absolute atomic E-state index is 0.0495. The highest BCUT2D eigenvalue weighted by Gasteiger charge is 2.39. The molecule has 0 spiro atoms. The number of nitrogens with one attached hydrogen (secondary N) is 1. The van der Waals surface area contributed by atoms with Crippen molar-refractivity contribution in [1.82, 2.24) is 25.1 Å². The summed E-state index contributed by atoms with van der Waals surface area (Å²) in [6.07, 6.45) is 0.354. The van der Waals surface area contributed by atoms with Gasteiger partial charge < -0.3 is 5.32 Å². The van der Waals surface area contributed by atoms with Crippen molar-refractivity contribution in [3.8, 4) is 5.69 Å². The molecule has 1 aliphatic heterocycles. The number of aromatic nitrogens is 4. The van der Waals surface area contributed by atoms with Crippen LogP contribution in [0.2, 0.25) is 0 Å². The SMILES string of the molecule is C[C@@]1(NC(=O)Cn2nnn(-c3ccccc3)c2=O)CCS(=O)(=O)C1. The van der Waals surface area contributed by atoms with Crippen LogP contribution >= 0.6 is 0 Å². The van der Waals surface area contributed by atoms with Gasteiger partial charge in [-0.3, -0.25) is 4.79 Å². The number of hydrogen-bond donors (Lipinski definition) is 1. The molecular weight excluding hydrogens is 334 g/mol. The summed E-state index contributed by atoms with van der Waals surface area (Å²) in [5, 5.41) is 10.1. The molecule has 9 nitrogen and oxygen atoms in total. The summed E-state index contributed by atoms with van der Waals surface area (Å²) >= 11 is 0. The molecule has 1 saturated heterocycles. The third kappa shape index (κ3) is 3.37. The molecule has 1 aromatic carbocycles. The van der Waals surface area contributed by atoms with E-state index in [-0.39, 0.29) is 18.1 Å². The highest BCUT2D eigenvalue weighted by molar-refractivity contribution is 7.91. The molecule has 1 N–H and O–H groups in total. The Balaban J connectivity index is 1.72. The molecule has 0 radical (unpaired) electrons. The monoisotopic (exact) mass is 351 g/mol. The molecule has 1 fully saturated rings. The second kappa shape index (κ2) is 5.86. The first kappa shape index (κ1) is 16.4. The fraction of sp³-hybridized carbons (Fsp3) is 0.429. The van der Waals surface area contributed by atoms with Crippen LogP contribution in [0.4, 0.5) is 0 Å². The maximum absolute atomic E-state index is 12.3. The van der Waals surface area contributed by atoms with Gasteiger partial charge in [-0.25, -0.2) is 13.2 Å². The van der Waals surface area contributed by atoms with Gasteiger partial charge in [0.1, 0.15) is 6.54 Å². The molecule has 0 saturated carbocycles. The third-order valence-corrected chi connectivity index (χ3v) is 5.78. The third-order valence-electron chi connectivity index (χ3n) is 3.88. The summed E-state index contributed by atoms with van der Waals surface area (Å²) in [7, 11) is -3.13. The largest absolute Gasteiger partial charge is 0.368 e. The van der Waals surface area contributed by atoms with E-state index in [1.54, 1.807) is 31.2 Å². The number of benzene rings is 1. The molecule has 0 bridgehead atoms. The van der Waals surface area contributed by atoms with Crippen molar-refractivity contribution in [2.24, 2.45) is 0 Å². The molecule has 2 aromatic rings. The first-order valence-electron chi connectivity index (χ1n) is 7.38. The zero-order chi connectivity index (χ0) is 17.4. The number of rotatable bonds is 4. The maximum Gasteiger partial charge on any atom is 0.368 e. The zero-order valence-electron chi connectivity index (χ0n) is 13.0. The molecule has 3 rings (SSSR count). The van der Waals surface area contributed by atoms with Gasteiger partial charge in [0.2, 0.25) is 5.91 Å². The quantitative estimate of drug-likeness (QED) is 0.765. The highest BCUT2D eigenvalue weighted by atomic mass is 32.2. The van der Waals surface area contributed by atoms with Crippen molar-refractivity contribution in [1.29, 1.82) is 0 Å². The summed E-state index contributed by atoms with van der Waals surface area (Å²) in [6.45, 7) is 1.36. The van der Waals surface area contributed by atoms with E-state index in [0.717, 1.165) is 9.36 Å². The van der Waals surface area contributed by atoms with Gasteiger partial charge in [-0.15, -0.1) is 0 Å². The molecule has 1 aromatic heterocycles. The number of carbonyl (C=O) groups is 1. The number of para-hydroxylation sites is 1. The summed E-state index contributed by atoms with van der Waals surface area (Å²) in [5.74, 6) is -0.526. The lowest BCUT2D eigenvalue weighted by Gasteiger charge is -2.23. The molecule has 0 aliphatic carbocycles. The molecule has 128 valence electrons. The molecule has 24 heavy (non-hydrogen) atoms. The summed E-state index contributed by atoms with van der Waals surface area (Å²) in [6, 6.07) is 8.72. The Hall–Kier alpha value is -2.49. The van der Waals surface area contributed by atoms with Gasteiger partial charge in [-0.1, -0.05) is 18.2 Å². The Morgan fingerprint density at radius 2 is 2.00 bits per heavy atom. The van der Waals surface area contributed by atoms with E-state index in [1.165, 1.54) is 0 Å². The predicted octanol–water partition coefficient (Wildman–Crippen LogP) is -0.878. The van der Waals surface area contributed by atoms with Crippen LogP contribution in [-0.2, 0) is 21.2 Å². The number of amides is 1. The van der Waals surface area contributed by atoms with Crippen LogP contribution in [0.15, 0.2) is 35.1 Å². The minimum atomic E-state index is -3.13. The van der Waals surface area contributed by atoms with Gasteiger partial charge in [0.15, 0.2) is 9.84 Å². The van der Waals surface area contributed by atoms with E-state index in [2.05, 4.69) is 15.7 Å². The molecule has 0 unspecified atom stereocenters. The molecule has 1 atom stereocenters. The highest BCUT2D eigenvalue weighted by Crippen LogP contribution is 2.22. The van der Waals surface area contributed by atoms with Crippen molar-refractivity contribution >= 4 is 15.7 Å². The Kier molecular flexibility index (Phi) is 3.99. The standard InChI is InChI=1S/C14H17N5O4S/c1-14(7-8-24(22,23)10-14)15-12(20)9-18-13(21)19(17-16-18)11-5-3-2-4-6-11/h2-6H,7-10H2,1H3,(H,15,20)/t14-/m1/s1. The normalized spacial score (nSPS) is 22.4. The Labute approximate surface area is 138 Å². The fourth-order valence-corrected chi connectivity index (χ4v) is 4.82. The molecular formula is C14H17N5O4S. The maximum atomic E-state index is 12.3. The van der Waals surface area contributed by atoms with Crippen molar-refractivity contribution < 1.29 is 13.2 Å². The Morgan fingerprint density at radius 1 is 1.29 bits per heavy atom. The molecule has 1 aliphatic rings. The van der Waals surface area contributed by atoms with E-state index >= 15 is 0 Å². The van der Waals surface area contributed by atoms with Crippen LogP contribution in [-0.4, -0.2) is 51.2 Å². The zero-order valence-corrected chi connectivity index (χ0v) is 13.9. The molecule has 2 heterocycles. The van der Waals surface area contributed by atoms with Gasteiger partial charge in [0.25, 0.3) is 0 Å². The van der Waals surface area contributed by atoms with Crippen molar-refractivity contribution in [3.63, 3.8) is 0 Å². The average Bonchev–Trinajstić information content (AvgIpc) is 3.00. The van der Waals surface area contributed by atoms with Gasteiger partial charge in [-0.05, 0) is 35.9 Å². The van der Waals surface area contributed by atoms with Crippen LogP contribution in [0.5, 0.6) is 0 Å². The van der Waals surface area contributed by atoms with Crippen LogP contribution in [0.3, 0.4) is 0 Å². The summed E-state index contributed by atoms with van der Waals surface area (Å²) < 4.78 is 25.2. The van der Waals surface area contributed by atoms with Crippen LogP contribution < -0.4 is 11.0 Å². The summed E-state index contributed by atoms with van der Waals surface area (Å²) in [4.78, 5) is 24.4.